The number of hydrogen-bond acceptors (Lipinski definition) is 1. The molecule has 2 heterocycles. The van der Waals surface area contributed by atoms with Gasteiger partial charge in [0.15, 0.2) is 0 Å². The second-order valence-electron chi connectivity index (χ2n) is 15.5. The first-order chi connectivity index (χ1) is 26.1. The zero-order chi connectivity index (χ0) is 35.0. The quantitative estimate of drug-likeness (QED) is 0.167. The van der Waals surface area contributed by atoms with Gasteiger partial charge in [-0.2, -0.15) is 0 Å². The van der Waals surface area contributed by atoms with Crippen molar-refractivity contribution in [1.82, 2.24) is 9.38 Å². The maximum absolute atomic E-state index is 5.12. The number of para-hydroxylation sites is 2. The van der Waals surface area contributed by atoms with Crippen LogP contribution in [0.4, 0.5) is 0 Å². The third kappa shape index (κ3) is 3.80. The van der Waals surface area contributed by atoms with Crippen molar-refractivity contribution in [2.75, 3.05) is 0 Å². The monoisotopic (exact) mass is 674 g/mol. The Balaban J connectivity index is 1.11. The molecule has 0 bridgehead atoms. The zero-order valence-electron chi connectivity index (χ0n) is 29.6. The van der Waals surface area contributed by atoms with Crippen LogP contribution in [0.5, 0.6) is 0 Å². The van der Waals surface area contributed by atoms with Crippen LogP contribution in [0, 0.1) is 0 Å². The van der Waals surface area contributed by atoms with E-state index in [1.165, 1.54) is 93.6 Å². The molecule has 2 nitrogen and oxygen atoms in total. The Kier molecular flexibility index (Phi) is 5.66. The highest BCUT2D eigenvalue weighted by molar-refractivity contribution is 6.14. The van der Waals surface area contributed by atoms with Gasteiger partial charge in [-0.05, 0) is 114 Å². The first-order valence-corrected chi connectivity index (χ1v) is 18.7. The molecule has 8 aromatic carbocycles. The third-order valence-electron chi connectivity index (χ3n) is 12.4. The van der Waals surface area contributed by atoms with E-state index in [2.05, 4.69) is 182 Å². The van der Waals surface area contributed by atoms with Crippen LogP contribution in [-0.4, -0.2) is 9.38 Å². The van der Waals surface area contributed by atoms with Gasteiger partial charge in [-0.1, -0.05) is 141 Å². The van der Waals surface area contributed by atoms with Crippen LogP contribution < -0.4 is 0 Å². The molecule has 248 valence electrons. The van der Waals surface area contributed by atoms with Gasteiger partial charge in [-0.15, -0.1) is 0 Å². The normalized spacial score (nSPS) is 15.3. The van der Waals surface area contributed by atoms with E-state index in [0.29, 0.717) is 0 Å². The van der Waals surface area contributed by atoms with Gasteiger partial charge in [-0.3, -0.25) is 4.40 Å². The van der Waals surface area contributed by atoms with Gasteiger partial charge in [0.2, 0.25) is 0 Å². The number of hydrogen-bond donors (Lipinski definition) is 0. The Hall–Kier alpha value is -6.51. The predicted molar refractivity (Wildman–Crippen MR) is 221 cm³/mol. The molecule has 12 rings (SSSR count). The van der Waals surface area contributed by atoms with Gasteiger partial charge in [0.25, 0.3) is 0 Å². The molecule has 2 heteroatoms. The molecule has 0 fully saturated rings. The third-order valence-corrected chi connectivity index (χ3v) is 12.4. The minimum atomic E-state index is -0.0546. The summed E-state index contributed by atoms with van der Waals surface area (Å²) in [7, 11) is 0. The van der Waals surface area contributed by atoms with Crippen molar-refractivity contribution < 1.29 is 0 Å². The number of rotatable bonds is 2. The van der Waals surface area contributed by atoms with E-state index in [1.54, 1.807) is 0 Å². The molecule has 1 atom stereocenters. The summed E-state index contributed by atoms with van der Waals surface area (Å²) in [4.78, 5) is 5.12. The van der Waals surface area contributed by atoms with Gasteiger partial charge in [-0.25, -0.2) is 4.98 Å². The van der Waals surface area contributed by atoms with E-state index < -0.39 is 0 Å². The first kappa shape index (κ1) is 29.1. The van der Waals surface area contributed by atoms with Crippen LogP contribution in [0.25, 0.3) is 82.5 Å². The molecule has 2 aromatic heterocycles. The van der Waals surface area contributed by atoms with Crippen molar-refractivity contribution in [1.29, 1.82) is 0 Å². The Morgan fingerprint density at radius 2 is 1.17 bits per heavy atom. The number of nitrogens with zero attached hydrogens (tertiary/aromatic N) is 2. The second-order valence-corrected chi connectivity index (χ2v) is 15.5. The summed E-state index contributed by atoms with van der Waals surface area (Å²) in [6.45, 7) is 4.74. The lowest BCUT2D eigenvalue weighted by Gasteiger charge is -2.23. The maximum Gasteiger partial charge on any atom is 0.146 e. The number of fused-ring (bicyclic) bond motifs is 16. The highest BCUT2D eigenvalue weighted by Crippen LogP contribution is 2.54. The number of benzene rings is 8. The molecule has 0 amide bonds. The van der Waals surface area contributed by atoms with Crippen LogP contribution in [0.1, 0.15) is 47.6 Å². The molecule has 0 aliphatic heterocycles. The summed E-state index contributed by atoms with van der Waals surface area (Å²) in [5, 5.41) is 6.29. The van der Waals surface area contributed by atoms with Crippen LogP contribution in [0.2, 0.25) is 0 Å². The molecule has 0 spiro atoms. The summed E-state index contributed by atoms with van der Waals surface area (Å²) in [6.07, 6.45) is 0. The van der Waals surface area contributed by atoms with E-state index in [-0.39, 0.29) is 11.3 Å². The molecule has 53 heavy (non-hydrogen) atoms. The van der Waals surface area contributed by atoms with E-state index in [0.717, 1.165) is 16.7 Å². The van der Waals surface area contributed by atoms with Gasteiger partial charge in [0, 0.05) is 22.1 Å². The van der Waals surface area contributed by atoms with Crippen LogP contribution in [-0.2, 0) is 5.41 Å². The Morgan fingerprint density at radius 1 is 0.472 bits per heavy atom. The zero-order valence-corrected chi connectivity index (χ0v) is 29.6. The van der Waals surface area contributed by atoms with Gasteiger partial charge < -0.3 is 0 Å². The van der Waals surface area contributed by atoms with Crippen molar-refractivity contribution in [3.8, 4) is 33.4 Å². The molecule has 2 aliphatic rings. The lowest BCUT2D eigenvalue weighted by Crippen LogP contribution is -2.14. The van der Waals surface area contributed by atoms with Crippen LogP contribution in [0.3, 0.4) is 0 Å². The summed E-state index contributed by atoms with van der Waals surface area (Å²) in [5.74, 6) is 0.104. The fourth-order valence-electron chi connectivity index (χ4n) is 10.0. The van der Waals surface area contributed by atoms with Crippen LogP contribution in [0.15, 0.2) is 164 Å². The Morgan fingerprint density at radius 3 is 2.06 bits per heavy atom. The largest absolute Gasteiger partial charge is 0.292 e. The predicted octanol–water partition coefficient (Wildman–Crippen LogP) is 13.1. The van der Waals surface area contributed by atoms with Gasteiger partial charge in [0.1, 0.15) is 5.65 Å². The standard InChI is InChI=1S/C51H34N2/c1-51(2)43-20-10-9-16-35(43)36-25-23-30(28-44(36)51)40-29-42-33-14-4-6-17-37(33)48(49(42)38-18-7-3-13-32(38)40)31-24-26-46-41(27-31)34-15-5-8-19-39(34)50-52-45-21-11-12-22-47(45)53(46)50/h3-29,48H,1-2H3. The minimum Gasteiger partial charge on any atom is -0.292 e. The number of aromatic nitrogens is 2. The Bertz CT molecular complexity index is 3210. The van der Waals surface area contributed by atoms with Gasteiger partial charge >= 0.3 is 0 Å². The highest BCUT2D eigenvalue weighted by atomic mass is 15.0. The van der Waals surface area contributed by atoms with Gasteiger partial charge in [0.05, 0.1) is 16.6 Å². The SMILES string of the molecule is CC1(C)c2ccccc2-c2ccc(-c3cc4c(c5ccccc35)C(c3ccc5c(c3)c3ccccc3c3nc6ccccc6n53)c3ccccc3-4)cc21. The summed E-state index contributed by atoms with van der Waals surface area (Å²) in [5.41, 5.74) is 19.1. The molecule has 2 aliphatic carbocycles. The molecule has 0 saturated carbocycles. The molecule has 0 saturated heterocycles. The lowest BCUT2D eigenvalue weighted by atomic mass is 9.80. The van der Waals surface area contributed by atoms with Crippen molar-refractivity contribution in [2.45, 2.75) is 25.2 Å². The first-order valence-electron chi connectivity index (χ1n) is 18.7. The molecular weight excluding hydrogens is 641 g/mol. The molecule has 0 radical (unpaired) electrons. The van der Waals surface area contributed by atoms with Crippen molar-refractivity contribution in [3.05, 3.63) is 192 Å². The van der Waals surface area contributed by atoms with E-state index in [9.17, 15) is 0 Å². The van der Waals surface area contributed by atoms with E-state index >= 15 is 0 Å². The van der Waals surface area contributed by atoms with E-state index in [1.807, 2.05) is 0 Å². The van der Waals surface area contributed by atoms with Crippen molar-refractivity contribution in [3.63, 3.8) is 0 Å². The summed E-state index contributed by atoms with van der Waals surface area (Å²) in [6, 6.07) is 61.2. The van der Waals surface area contributed by atoms with E-state index in [4.69, 9.17) is 4.98 Å². The molecule has 10 aromatic rings. The fraction of sp³-hybridized carbons (Fsp3) is 0.0784. The molecular formula is C51H34N2. The summed E-state index contributed by atoms with van der Waals surface area (Å²) < 4.78 is 2.35. The average Bonchev–Trinajstić information content (AvgIpc) is 3.84. The maximum atomic E-state index is 5.12. The topological polar surface area (TPSA) is 17.3 Å². The molecule has 0 N–H and O–H groups in total. The minimum absolute atomic E-state index is 0.0546. The molecule has 1 unspecified atom stereocenters. The number of imidazole rings is 1. The summed E-state index contributed by atoms with van der Waals surface area (Å²) >= 11 is 0. The lowest BCUT2D eigenvalue weighted by molar-refractivity contribution is 0.660. The number of pyridine rings is 1. The average molecular weight is 675 g/mol. The fourth-order valence-corrected chi connectivity index (χ4v) is 10.0. The highest BCUT2D eigenvalue weighted by Gasteiger charge is 2.36. The second kappa shape index (κ2) is 10.3. The van der Waals surface area contributed by atoms with Crippen molar-refractivity contribution >= 4 is 49.1 Å². The van der Waals surface area contributed by atoms with Crippen LogP contribution >= 0.6 is 0 Å². The Labute approximate surface area is 307 Å². The van der Waals surface area contributed by atoms with Crippen molar-refractivity contribution in [2.24, 2.45) is 0 Å². The smallest absolute Gasteiger partial charge is 0.146 e.